The van der Waals surface area contributed by atoms with Crippen LogP contribution >= 0.6 is 0 Å². The van der Waals surface area contributed by atoms with Gasteiger partial charge in [0.2, 0.25) is 0 Å². The van der Waals surface area contributed by atoms with Crippen molar-refractivity contribution < 1.29 is 14.6 Å². The number of hydrogen-bond donors (Lipinski definition) is 1. The molecule has 1 aromatic carbocycles. The summed E-state index contributed by atoms with van der Waals surface area (Å²) in [4.78, 5) is 13.2. The lowest BCUT2D eigenvalue weighted by atomic mass is 10.1. The first-order valence-electron chi connectivity index (χ1n) is 6.35. The van der Waals surface area contributed by atoms with Crippen molar-refractivity contribution in [1.29, 1.82) is 0 Å². The number of rotatable bonds is 4. The van der Waals surface area contributed by atoms with Crippen molar-refractivity contribution in [3.05, 3.63) is 35.4 Å². The van der Waals surface area contributed by atoms with Crippen LogP contribution in [-0.2, 0) is 11.3 Å². The van der Waals surface area contributed by atoms with Gasteiger partial charge in [-0.2, -0.15) is 0 Å². The summed E-state index contributed by atoms with van der Waals surface area (Å²) in [5.41, 5.74) is 1.40. The molecule has 0 spiro atoms. The number of aromatic carboxylic acids is 1. The van der Waals surface area contributed by atoms with Gasteiger partial charge in [0.1, 0.15) is 0 Å². The Kier molecular flexibility index (Phi) is 4.33. The fourth-order valence-corrected chi connectivity index (χ4v) is 2.23. The van der Waals surface area contributed by atoms with E-state index < -0.39 is 5.97 Å². The van der Waals surface area contributed by atoms with E-state index >= 15 is 0 Å². The Morgan fingerprint density at radius 3 is 3.11 bits per heavy atom. The molecule has 1 N–H and O–H groups in total. The highest BCUT2D eigenvalue weighted by molar-refractivity contribution is 5.87. The molecule has 1 aliphatic rings. The maximum absolute atomic E-state index is 10.9. The van der Waals surface area contributed by atoms with Crippen LogP contribution in [0.2, 0.25) is 0 Å². The average molecular weight is 249 g/mol. The van der Waals surface area contributed by atoms with Crippen LogP contribution in [0.1, 0.15) is 29.3 Å². The lowest BCUT2D eigenvalue weighted by molar-refractivity contribution is -0.0324. The van der Waals surface area contributed by atoms with Gasteiger partial charge in [-0.05, 0) is 24.1 Å². The molecule has 98 valence electrons. The largest absolute Gasteiger partial charge is 0.478 e. The molecule has 18 heavy (non-hydrogen) atoms. The molecule has 1 aliphatic heterocycles. The van der Waals surface area contributed by atoms with Crippen molar-refractivity contribution in [1.82, 2.24) is 4.90 Å². The van der Waals surface area contributed by atoms with E-state index in [4.69, 9.17) is 9.84 Å². The van der Waals surface area contributed by atoms with E-state index in [1.807, 2.05) is 6.07 Å². The van der Waals surface area contributed by atoms with Crippen molar-refractivity contribution in [3.63, 3.8) is 0 Å². The summed E-state index contributed by atoms with van der Waals surface area (Å²) in [7, 11) is 0. The normalized spacial score (nSPS) is 20.8. The van der Waals surface area contributed by atoms with Crippen LogP contribution in [0.4, 0.5) is 0 Å². The van der Waals surface area contributed by atoms with Crippen LogP contribution in [0.15, 0.2) is 24.3 Å². The molecule has 4 heteroatoms. The van der Waals surface area contributed by atoms with Gasteiger partial charge in [-0.15, -0.1) is 0 Å². The second-order valence-corrected chi connectivity index (χ2v) is 4.64. The highest BCUT2D eigenvalue weighted by Gasteiger charge is 2.19. The zero-order valence-corrected chi connectivity index (χ0v) is 10.6. The zero-order valence-electron chi connectivity index (χ0n) is 10.6. The summed E-state index contributed by atoms with van der Waals surface area (Å²) in [6.07, 6.45) is 1.33. The van der Waals surface area contributed by atoms with Gasteiger partial charge in [-0.1, -0.05) is 19.1 Å². The van der Waals surface area contributed by atoms with Crippen molar-refractivity contribution in [2.45, 2.75) is 26.0 Å². The minimum Gasteiger partial charge on any atom is -0.478 e. The molecule has 2 rings (SSSR count). The van der Waals surface area contributed by atoms with Crippen molar-refractivity contribution in [2.75, 3.05) is 19.7 Å². The summed E-state index contributed by atoms with van der Waals surface area (Å²) in [6, 6.07) is 7.15. The lowest BCUT2D eigenvalue weighted by Crippen LogP contribution is -2.41. The first-order chi connectivity index (χ1) is 8.69. The van der Waals surface area contributed by atoms with Gasteiger partial charge < -0.3 is 9.84 Å². The zero-order chi connectivity index (χ0) is 13.0. The standard InChI is InChI=1S/C14H19NO3/c1-2-13-10-15(6-7-18-13)9-11-4-3-5-12(8-11)14(16)17/h3-5,8,13H,2,6-7,9-10H2,1H3,(H,16,17). The van der Waals surface area contributed by atoms with Gasteiger partial charge in [0.15, 0.2) is 0 Å². The van der Waals surface area contributed by atoms with Crippen LogP contribution in [-0.4, -0.2) is 41.8 Å². The number of benzene rings is 1. The molecule has 0 aromatic heterocycles. The highest BCUT2D eigenvalue weighted by atomic mass is 16.5. The van der Waals surface area contributed by atoms with E-state index in [0.29, 0.717) is 11.7 Å². The number of ether oxygens (including phenoxy) is 1. The molecule has 1 heterocycles. The van der Waals surface area contributed by atoms with E-state index in [1.54, 1.807) is 18.2 Å². The van der Waals surface area contributed by atoms with E-state index in [2.05, 4.69) is 11.8 Å². The Hall–Kier alpha value is -1.39. The van der Waals surface area contributed by atoms with Crippen LogP contribution in [0.5, 0.6) is 0 Å². The quantitative estimate of drug-likeness (QED) is 0.886. The number of nitrogens with zero attached hydrogens (tertiary/aromatic N) is 1. The number of hydrogen-bond acceptors (Lipinski definition) is 3. The number of morpholine rings is 1. The Morgan fingerprint density at radius 1 is 1.56 bits per heavy atom. The lowest BCUT2D eigenvalue weighted by Gasteiger charge is -2.32. The SMILES string of the molecule is CCC1CN(Cc2cccc(C(=O)O)c2)CCO1. The topological polar surface area (TPSA) is 49.8 Å². The summed E-state index contributed by atoms with van der Waals surface area (Å²) in [5.74, 6) is -0.870. The van der Waals surface area contributed by atoms with E-state index in [1.165, 1.54) is 0 Å². The summed E-state index contributed by atoms with van der Waals surface area (Å²) in [5, 5.41) is 8.96. The third-order valence-electron chi connectivity index (χ3n) is 3.26. The molecule has 0 aliphatic carbocycles. The number of carboxylic acid groups (broad SMARTS) is 1. The molecule has 0 amide bonds. The monoisotopic (exact) mass is 249 g/mol. The van der Waals surface area contributed by atoms with Gasteiger partial charge in [0, 0.05) is 19.6 Å². The predicted octanol–water partition coefficient (Wildman–Crippen LogP) is 2.00. The molecule has 1 atom stereocenters. The summed E-state index contributed by atoms with van der Waals surface area (Å²) < 4.78 is 5.62. The molecular formula is C14H19NO3. The molecule has 4 nitrogen and oxygen atoms in total. The third kappa shape index (κ3) is 3.31. The Bertz CT molecular complexity index is 419. The van der Waals surface area contributed by atoms with E-state index in [-0.39, 0.29) is 0 Å². The molecule has 0 radical (unpaired) electrons. The average Bonchev–Trinajstić information content (AvgIpc) is 2.39. The maximum atomic E-state index is 10.9. The first kappa shape index (κ1) is 13.1. The van der Waals surface area contributed by atoms with Crippen LogP contribution in [0.25, 0.3) is 0 Å². The summed E-state index contributed by atoms with van der Waals surface area (Å²) in [6.45, 7) is 5.51. The first-order valence-corrected chi connectivity index (χ1v) is 6.35. The third-order valence-corrected chi connectivity index (χ3v) is 3.26. The molecule has 0 saturated carbocycles. The Balaban J connectivity index is 2.00. The molecule has 1 unspecified atom stereocenters. The maximum Gasteiger partial charge on any atom is 0.335 e. The van der Waals surface area contributed by atoms with Crippen molar-refractivity contribution in [3.8, 4) is 0 Å². The van der Waals surface area contributed by atoms with Crippen LogP contribution < -0.4 is 0 Å². The van der Waals surface area contributed by atoms with Crippen LogP contribution in [0.3, 0.4) is 0 Å². The molecule has 1 aromatic rings. The predicted molar refractivity (Wildman–Crippen MR) is 68.7 cm³/mol. The second-order valence-electron chi connectivity index (χ2n) is 4.64. The van der Waals surface area contributed by atoms with Crippen molar-refractivity contribution >= 4 is 5.97 Å². The van der Waals surface area contributed by atoms with Gasteiger partial charge >= 0.3 is 5.97 Å². The number of carbonyl (C=O) groups is 1. The second kappa shape index (κ2) is 5.98. The van der Waals surface area contributed by atoms with E-state index in [9.17, 15) is 4.79 Å². The fraction of sp³-hybridized carbons (Fsp3) is 0.500. The van der Waals surface area contributed by atoms with Gasteiger partial charge in [-0.25, -0.2) is 4.79 Å². The minimum absolute atomic E-state index is 0.307. The number of carboxylic acids is 1. The molecule has 1 saturated heterocycles. The highest BCUT2D eigenvalue weighted by Crippen LogP contribution is 2.13. The fourth-order valence-electron chi connectivity index (χ4n) is 2.23. The van der Waals surface area contributed by atoms with Crippen LogP contribution in [0, 0.1) is 0 Å². The molecule has 0 bridgehead atoms. The molecule has 1 fully saturated rings. The summed E-state index contributed by atoms with van der Waals surface area (Å²) >= 11 is 0. The Morgan fingerprint density at radius 2 is 2.39 bits per heavy atom. The smallest absolute Gasteiger partial charge is 0.335 e. The molecular weight excluding hydrogens is 230 g/mol. The Labute approximate surface area is 107 Å². The van der Waals surface area contributed by atoms with Gasteiger partial charge in [0.05, 0.1) is 18.3 Å². The van der Waals surface area contributed by atoms with Crippen molar-refractivity contribution in [2.24, 2.45) is 0 Å². The minimum atomic E-state index is -0.870. The van der Waals surface area contributed by atoms with Gasteiger partial charge in [-0.3, -0.25) is 4.90 Å². The van der Waals surface area contributed by atoms with E-state index in [0.717, 1.165) is 38.2 Å². The van der Waals surface area contributed by atoms with Gasteiger partial charge in [0.25, 0.3) is 0 Å².